The van der Waals surface area contributed by atoms with Gasteiger partial charge in [-0.25, -0.2) is 0 Å². The Balaban J connectivity index is 3.88. The van der Waals surface area contributed by atoms with Gasteiger partial charge >= 0.3 is 14.0 Å². The van der Waals surface area contributed by atoms with Crippen LogP contribution < -0.4 is 0 Å². The first-order chi connectivity index (χ1) is 4.87. The Hall–Kier alpha value is -0.0301. The van der Waals surface area contributed by atoms with Crippen molar-refractivity contribution in [2.45, 2.75) is 26.4 Å². The van der Waals surface area contributed by atoms with Crippen LogP contribution in [0.1, 0.15) is 20.8 Å². The quantitative estimate of drug-likeness (QED) is 0.545. The van der Waals surface area contributed by atoms with Crippen LogP contribution in [0.4, 0.5) is 0 Å². The van der Waals surface area contributed by atoms with E-state index in [1.165, 1.54) is 7.11 Å². The molecular weight excluding hydrogens is 146 g/mol. The Morgan fingerprint density at radius 3 is 1.73 bits per heavy atom. The Kier molecular flexibility index (Phi) is 4.10. The molecule has 0 fully saturated rings. The van der Waals surface area contributed by atoms with Crippen molar-refractivity contribution >= 4 is 14.0 Å². The first-order valence-corrected chi connectivity index (χ1v) is 3.43. The van der Waals surface area contributed by atoms with Gasteiger partial charge in [0.25, 0.3) is 0 Å². The van der Waals surface area contributed by atoms with E-state index in [9.17, 15) is 0 Å². The van der Waals surface area contributed by atoms with E-state index < -0.39 is 19.6 Å². The highest BCUT2D eigenvalue weighted by Crippen LogP contribution is 2.09. The van der Waals surface area contributed by atoms with Gasteiger partial charge in [-0.15, -0.1) is 0 Å². The molecule has 0 aromatic rings. The van der Waals surface area contributed by atoms with Gasteiger partial charge in [0, 0.05) is 12.7 Å². The zero-order valence-electron chi connectivity index (χ0n) is 7.37. The molecule has 0 saturated carbocycles. The third-order valence-corrected chi connectivity index (χ3v) is 0.945. The van der Waals surface area contributed by atoms with Crippen molar-refractivity contribution < 1.29 is 19.4 Å². The fourth-order valence-electron chi connectivity index (χ4n) is 0.579. The molecule has 6 heteroatoms. The van der Waals surface area contributed by atoms with Crippen LogP contribution in [0.3, 0.4) is 0 Å². The van der Waals surface area contributed by atoms with Crippen LogP contribution in [0.25, 0.3) is 0 Å². The second-order valence-corrected chi connectivity index (χ2v) is 3.25. The predicted octanol–water partition coefficient (Wildman–Crippen LogP) is -0.513. The molecule has 0 aromatic carbocycles. The van der Waals surface area contributed by atoms with Crippen molar-refractivity contribution in [3.05, 3.63) is 0 Å². The minimum atomic E-state index is -1.60. The lowest BCUT2D eigenvalue weighted by Gasteiger charge is -2.23. The molecule has 0 atom stereocenters. The monoisotopic (exact) mass is 160 g/mol. The summed E-state index contributed by atoms with van der Waals surface area (Å²) in [7, 11) is -1.22. The number of hydrogen-bond donors (Lipinski definition) is 2. The zero-order valence-corrected chi connectivity index (χ0v) is 7.37. The van der Waals surface area contributed by atoms with Crippen LogP contribution in [0.2, 0.25) is 0 Å². The fourth-order valence-corrected chi connectivity index (χ4v) is 0.579. The van der Waals surface area contributed by atoms with Gasteiger partial charge < -0.3 is 19.4 Å². The summed E-state index contributed by atoms with van der Waals surface area (Å²) >= 11 is 0. The van der Waals surface area contributed by atoms with Gasteiger partial charge in [-0.3, -0.25) is 0 Å². The summed E-state index contributed by atoms with van der Waals surface area (Å²) < 4.78 is 9.79. The molecule has 2 N–H and O–H groups in total. The summed E-state index contributed by atoms with van der Waals surface area (Å²) in [6.07, 6.45) is 0. The summed E-state index contributed by atoms with van der Waals surface area (Å²) in [5, 5.41) is 17.4. The Labute approximate surface area is 67.8 Å². The molecule has 0 saturated heterocycles. The van der Waals surface area contributed by atoms with Gasteiger partial charge in [0.15, 0.2) is 0 Å². The lowest BCUT2D eigenvalue weighted by molar-refractivity contribution is 0.0960. The summed E-state index contributed by atoms with van der Waals surface area (Å²) in [5.74, 6) is 0. The topological polar surface area (TPSA) is 58.9 Å². The molecule has 0 spiro atoms. The van der Waals surface area contributed by atoms with E-state index in [0.29, 0.717) is 0 Å². The van der Waals surface area contributed by atoms with E-state index in [4.69, 9.17) is 14.7 Å². The second-order valence-electron chi connectivity index (χ2n) is 3.25. The van der Waals surface area contributed by atoms with Crippen molar-refractivity contribution in [1.82, 2.24) is 0 Å². The van der Waals surface area contributed by atoms with E-state index in [0.717, 1.165) is 0 Å². The van der Waals surface area contributed by atoms with E-state index in [-0.39, 0.29) is 0 Å². The van der Waals surface area contributed by atoms with Crippen LogP contribution >= 0.6 is 0 Å². The van der Waals surface area contributed by atoms with Gasteiger partial charge in [0.1, 0.15) is 0 Å². The van der Waals surface area contributed by atoms with Gasteiger partial charge in [0.05, 0.1) is 0 Å². The van der Waals surface area contributed by atoms with E-state index in [2.05, 4.69) is 4.65 Å². The van der Waals surface area contributed by atoms with Crippen LogP contribution in [0, 0.1) is 0 Å². The van der Waals surface area contributed by atoms with Crippen molar-refractivity contribution in [2.24, 2.45) is 0 Å². The minimum Gasteiger partial charge on any atom is -0.429 e. The lowest BCUT2D eigenvalue weighted by atomic mass is 9.49. The van der Waals surface area contributed by atoms with Gasteiger partial charge in [-0.1, -0.05) is 0 Å². The summed E-state index contributed by atoms with van der Waals surface area (Å²) in [5.41, 5.74) is -0.440. The van der Waals surface area contributed by atoms with Crippen molar-refractivity contribution in [3.63, 3.8) is 0 Å². The highest BCUT2D eigenvalue weighted by Gasteiger charge is 2.35. The smallest absolute Gasteiger partial charge is 0.429 e. The maximum Gasteiger partial charge on any atom is 0.487 e. The Bertz CT molecular complexity index is 112. The second kappa shape index (κ2) is 4.11. The third kappa shape index (κ3) is 5.26. The highest BCUT2D eigenvalue weighted by atomic mass is 16.6. The maximum atomic E-state index is 8.68. The molecule has 0 heterocycles. The summed E-state index contributed by atoms with van der Waals surface area (Å²) in [4.78, 5) is 0. The van der Waals surface area contributed by atoms with Crippen LogP contribution in [-0.4, -0.2) is 36.8 Å². The molecule has 64 valence electrons. The van der Waals surface area contributed by atoms with E-state index in [1.54, 1.807) is 20.8 Å². The Morgan fingerprint density at radius 2 is 1.64 bits per heavy atom. The van der Waals surface area contributed by atoms with Crippen molar-refractivity contribution in [1.29, 1.82) is 0 Å². The zero-order chi connectivity index (χ0) is 9.07. The first kappa shape index (κ1) is 11.0. The summed E-state index contributed by atoms with van der Waals surface area (Å²) in [6, 6.07) is 0. The standard InChI is InChI=1S/C5H14B2O4/c1-5(2,3)11-7(10-4)6(8)9/h8-9H,1-4H3. The Morgan fingerprint density at radius 1 is 1.18 bits per heavy atom. The molecule has 0 aliphatic heterocycles. The third-order valence-electron chi connectivity index (χ3n) is 0.945. The molecular formula is C5H14B2O4. The number of rotatable bonds is 3. The first-order valence-electron chi connectivity index (χ1n) is 3.43. The highest BCUT2D eigenvalue weighted by molar-refractivity contribution is 7.09. The molecule has 11 heavy (non-hydrogen) atoms. The van der Waals surface area contributed by atoms with Gasteiger partial charge in [-0.2, -0.15) is 0 Å². The van der Waals surface area contributed by atoms with Crippen molar-refractivity contribution in [2.75, 3.05) is 7.11 Å². The molecule has 0 rings (SSSR count). The molecule has 0 radical (unpaired) electrons. The van der Waals surface area contributed by atoms with Gasteiger partial charge in [0.2, 0.25) is 0 Å². The summed E-state index contributed by atoms with van der Waals surface area (Å²) in [6.45, 7) is 5.42. The largest absolute Gasteiger partial charge is 0.487 e. The number of hydrogen-bond acceptors (Lipinski definition) is 4. The SMILES string of the molecule is COB(OC(C)(C)C)B(O)O. The molecule has 0 unspecified atom stereocenters. The van der Waals surface area contributed by atoms with E-state index >= 15 is 0 Å². The van der Waals surface area contributed by atoms with Crippen LogP contribution in [-0.2, 0) is 9.31 Å². The molecule has 0 aliphatic rings. The predicted molar refractivity (Wildman–Crippen MR) is 43.8 cm³/mol. The molecule has 0 amide bonds. The van der Waals surface area contributed by atoms with E-state index in [1.807, 2.05) is 0 Å². The lowest BCUT2D eigenvalue weighted by Crippen LogP contribution is -2.45. The van der Waals surface area contributed by atoms with Crippen LogP contribution in [0.5, 0.6) is 0 Å². The average Bonchev–Trinajstić information content (AvgIpc) is 1.80. The van der Waals surface area contributed by atoms with Crippen LogP contribution in [0.15, 0.2) is 0 Å². The molecule has 0 aromatic heterocycles. The van der Waals surface area contributed by atoms with Crippen molar-refractivity contribution in [3.8, 4) is 0 Å². The normalized spacial score (nSPS) is 11.5. The minimum absolute atomic E-state index is 0.440. The molecule has 4 nitrogen and oxygen atoms in total. The maximum absolute atomic E-state index is 8.68. The molecule has 0 aliphatic carbocycles. The molecule has 0 bridgehead atoms. The van der Waals surface area contributed by atoms with Gasteiger partial charge in [-0.05, 0) is 20.8 Å². The average molecular weight is 160 g/mol. The fraction of sp³-hybridized carbons (Fsp3) is 1.00.